The highest BCUT2D eigenvalue weighted by Gasteiger charge is 2.22. The second kappa shape index (κ2) is 7.00. The molecule has 0 radical (unpaired) electrons. The molecule has 2 aromatic carbocycles. The van der Waals surface area contributed by atoms with Gasteiger partial charge in [-0.1, -0.05) is 42.0 Å². The van der Waals surface area contributed by atoms with Crippen molar-refractivity contribution in [1.29, 1.82) is 0 Å². The molecule has 0 aliphatic heterocycles. The van der Waals surface area contributed by atoms with Gasteiger partial charge in [-0.3, -0.25) is 9.48 Å². The van der Waals surface area contributed by atoms with E-state index in [1.807, 2.05) is 68.2 Å². The summed E-state index contributed by atoms with van der Waals surface area (Å²) in [5, 5.41) is 8.47. The summed E-state index contributed by atoms with van der Waals surface area (Å²) in [7, 11) is 1.90. The molecular formula is C23H24N4O. The molecule has 1 unspecified atom stereocenters. The van der Waals surface area contributed by atoms with Gasteiger partial charge < -0.3 is 10.3 Å². The second-order valence-corrected chi connectivity index (χ2v) is 7.29. The summed E-state index contributed by atoms with van der Waals surface area (Å²) < 4.78 is 1.82. The molecule has 0 fully saturated rings. The van der Waals surface area contributed by atoms with Crippen LogP contribution in [0.3, 0.4) is 0 Å². The van der Waals surface area contributed by atoms with Gasteiger partial charge in [0.2, 0.25) is 0 Å². The third kappa shape index (κ3) is 3.09. The number of rotatable bonds is 4. The third-order valence-electron chi connectivity index (χ3n) is 5.33. The average Bonchev–Trinajstić information content (AvgIpc) is 3.22. The van der Waals surface area contributed by atoms with Crippen LogP contribution < -0.4 is 5.32 Å². The molecule has 28 heavy (non-hydrogen) atoms. The van der Waals surface area contributed by atoms with Gasteiger partial charge in [0, 0.05) is 34.8 Å². The molecule has 4 rings (SSSR count). The van der Waals surface area contributed by atoms with Gasteiger partial charge in [-0.15, -0.1) is 0 Å². The zero-order valence-corrected chi connectivity index (χ0v) is 16.6. The lowest BCUT2D eigenvalue weighted by molar-refractivity contribution is 0.0936. The number of benzene rings is 2. The fourth-order valence-corrected chi connectivity index (χ4v) is 3.67. The molecule has 0 saturated carbocycles. The summed E-state index contributed by atoms with van der Waals surface area (Å²) in [5.74, 6) is -0.122. The minimum absolute atomic E-state index is 0.122. The Labute approximate surface area is 164 Å². The fourth-order valence-electron chi connectivity index (χ4n) is 3.67. The Kier molecular flexibility index (Phi) is 4.51. The Morgan fingerprint density at radius 1 is 1.14 bits per heavy atom. The van der Waals surface area contributed by atoms with Crippen molar-refractivity contribution >= 4 is 16.8 Å². The fraction of sp³-hybridized carbons (Fsp3) is 0.217. The number of aryl methyl sites for hydroxylation is 2. The summed E-state index contributed by atoms with van der Waals surface area (Å²) in [6, 6.07) is 16.1. The van der Waals surface area contributed by atoms with Gasteiger partial charge >= 0.3 is 0 Å². The van der Waals surface area contributed by atoms with Gasteiger partial charge in [-0.05, 0) is 38.5 Å². The van der Waals surface area contributed by atoms with Crippen LogP contribution in [0.5, 0.6) is 0 Å². The van der Waals surface area contributed by atoms with E-state index in [9.17, 15) is 4.79 Å². The van der Waals surface area contributed by atoms with Crippen molar-refractivity contribution in [3.05, 3.63) is 77.2 Å². The molecule has 0 bridgehead atoms. The first-order chi connectivity index (χ1) is 13.5. The number of amides is 1. The molecule has 5 nitrogen and oxygen atoms in total. The molecule has 5 heteroatoms. The molecule has 2 N–H and O–H groups in total. The number of hydrogen-bond acceptors (Lipinski definition) is 2. The standard InChI is InChI=1S/C23H24N4O/c1-14-10-11-20-18(12-14)21(17-8-6-5-7-9-17)22(26-20)23(28)25-15(2)19-13-24-27(4)16(19)3/h5-13,15,26H,1-4H3,(H,25,28). The van der Waals surface area contributed by atoms with Crippen molar-refractivity contribution in [2.24, 2.45) is 7.05 Å². The zero-order valence-electron chi connectivity index (χ0n) is 16.6. The lowest BCUT2D eigenvalue weighted by Gasteiger charge is -2.14. The average molecular weight is 372 g/mol. The molecule has 0 saturated heterocycles. The van der Waals surface area contributed by atoms with Crippen LogP contribution in [0, 0.1) is 13.8 Å². The van der Waals surface area contributed by atoms with Crippen molar-refractivity contribution in [3.8, 4) is 11.1 Å². The van der Waals surface area contributed by atoms with E-state index in [2.05, 4.69) is 34.5 Å². The van der Waals surface area contributed by atoms with Crippen LogP contribution in [-0.2, 0) is 7.05 Å². The second-order valence-electron chi connectivity index (χ2n) is 7.29. The Balaban J connectivity index is 1.77. The zero-order chi connectivity index (χ0) is 19.8. The van der Waals surface area contributed by atoms with Crippen LogP contribution in [0.2, 0.25) is 0 Å². The number of H-pyrrole nitrogens is 1. The SMILES string of the molecule is Cc1ccc2[nH]c(C(=O)NC(C)c3cnn(C)c3C)c(-c3ccccc3)c2c1. The van der Waals surface area contributed by atoms with Crippen LogP contribution in [0.15, 0.2) is 54.7 Å². The highest BCUT2D eigenvalue weighted by atomic mass is 16.1. The molecule has 1 amide bonds. The van der Waals surface area contributed by atoms with Crippen LogP contribution >= 0.6 is 0 Å². The van der Waals surface area contributed by atoms with Crippen molar-refractivity contribution in [1.82, 2.24) is 20.1 Å². The Morgan fingerprint density at radius 2 is 1.89 bits per heavy atom. The summed E-state index contributed by atoms with van der Waals surface area (Å²) in [4.78, 5) is 16.6. The maximum absolute atomic E-state index is 13.2. The maximum Gasteiger partial charge on any atom is 0.268 e. The monoisotopic (exact) mass is 372 g/mol. The van der Waals surface area contributed by atoms with Gasteiger partial charge in [0.15, 0.2) is 0 Å². The number of carbonyl (C=O) groups is 1. The van der Waals surface area contributed by atoms with E-state index in [1.165, 1.54) is 0 Å². The highest BCUT2D eigenvalue weighted by Crippen LogP contribution is 2.33. The van der Waals surface area contributed by atoms with Crippen molar-refractivity contribution in [3.63, 3.8) is 0 Å². The first-order valence-electron chi connectivity index (χ1n) is 9.43. The molecule has 0 aliphatic rings. The van der Waals surface area contributed by atoms with Crippen LogP contribution in [0.1, 0.15) is 40.3 Å². The molecule has 0 spiro atoms. The van der Waals surface area contributed by atoms with Gasteiger partial charge in [0.05, 0.1) is 12.2 Å². The molecule has 0 aliphatic carbocycles. The Morgan fingerprint density at radius 3 is 2.57 bits per heavy atom. The molecule has 4 aromatic rings. The Hall–Kier alpha value is -3.34. The molecular weight excluding hydrogens is 348 g/mol. The van der Waals surface area contributed by atoms with Crippen LogP contribution in [0.4, 0.5) is 0 Å². The van der Waals surface area contributed by atoms with Crippen molar-refractivity contribution in [2.75, 3.05) is 0 Å². The highest BCUT2D eigenvalue weighted by molar-refractivity contribution is 6.09. The summed E-state index contributed by atoms with van der Waals surface area (Å²) >= 11 is 0. The van der Waals surface area contributed by atoms with Gasteiger partial charge in [-0.2, -0.15) is 5.10 Å². The normalized spacial score (nSPS) is 12.3. The molecule has 142 valence electrons. The summed E-state index contributed by atoms with van der Waals surface area (Å²) in [5.41, 5.74) is 6.73. The third-order valence-corrected chi connectivity index (χ3v) is 5.33. The van der Waals surface area contributed by atoms with Crippen molar-refractivity contribution in [2.45, 2.75) is 26.8 Å². The number of carbonyl (C=O) groups excluding carboxylic acids is 1. The minimum Gasteiger partial charge on any atom is -0.350 e. The van der Waals surface area contributed by atoms with E-state index >= 15 is 0 Å². The minimum atomic E-state index is -0.141. The first-order valence-corrected chi connectivity index (χ1v) is 9.43. The van der Waals surface area contributed by atoms with Gasteiger partial charge in [0.1, 0.15) is 5.69 Å². The number of fused-ring (bicyclic) bond motifs is 1. The quantitative estimate of drug-likeness (QED) is 0.546. The van der Waals surface area contributed by atoms with Gasteiger partial charge in [0.25, 0.3) is 5.91 Å². The molecule has 2 heterocycles. The van der Waals surface area contributed by atoms with Gasteiger partial charge in [-0.25, -0.2) is 0 Å². The largest absolute Gasteiger partial charge is 0.350 e. The lowest BCUT2D eigenvalue weighted by atomic mass is 10.00. The Bertz CT molecular complexity index is 1150. The van der Waals surface area contributed by atoms with E-state index in [0.717, 1.165) is 38.9 Å². The molecule has 1 atom stereocenters. The number of nitrogens with one attached hydrogen (secondary N) is 2. The molecule has 2 aromatic heterocycles. The predicted molar refractivity (Wildman–Crippen MR) is 112 cm³/mol. The van der Waals surface area contributed by atoms with E-state index in [-0.39, 0.29) is 11.9 Å². The summed E-state index contributed by atoms with van der Waals surface area (Å²) in [6.45, 7) is 6.05. The maximum atomic E-state index is 13.2. The van der Waals surface area contributed by atoms with Crippen LogP contribution in [-0.4, -0.2) is 20.7 Å². The topological polar surface area (TPSA) is 62.7 Å². The van der Waals surface area contributed by atoms with E-state index in [0.29, 0.717) is 5.69 Å². The number of hydrogen-bond donors (Lipinski definition) is 2. The lowest BCUT2D eigenvalue weighted by Crippen LogP contribution is -2.27. The predicted octanol–water partition coefficient (Wildman–Crippen LogP) is 4.68. The van der Waals surface area contributed by atoms with E-state index in [4.69, 9.17) is 0 Å². The van der Waals surface area contributed by atoms with E-state index < -0.39 is 0 Å². The first kappa shape index (κ1) is 18.0. The smallest absolute Gasteiger partial charge is 0.268 e. The van der Waals surface area contributed by atoms with Crippen molar-refractivity contribution < 1.29 is 4.79 Å². The number of nitrogens with zero attached hydrogens (tertiary/aromatic N) is 2. The number of aromatic amines is 1. The van der Waals surface area contributed by atoms with E-state index in [1.54, 1.807) is 0 Å². The summed E-state index contributed by atoms with van der Waals surface area (Å²) in [6.07, 6.45) is 1.81. The number of aromatic nitrogens is 3. The van der Waals surface area contributed by atoms with Crippen LogP contribution in [0.25, 0.3) is 22.0 Å².